The number of carbonyl (C=O) groups is 1. The van der Waals surface area contributed by atoms with Crippen molar-refractivity contribution in [3.05, 3.63) is 71.3 Å². The highest BCUT2D eigenvalue weighted by Gasteiger charge is 2.32. The molecule has 7 heteroatoms. The fourth-order valence-electron chi connectivity index (χ4n) is 3.53. The molecule has 1 fully saturated rings. The number of halogens is 3. The zero-order valence-electron chi connectivity index (χ0n) is 15.6. The van der Waals surface area contributed by atoms with Crippen LogP contribution in [0.5, 0.6) is 0 Å². The van der Waals surface area contributed by atoms with Crippen LogP contribution in [0.4, 0.5) is 13.2 Å². The lowest BCUT2D eigenvalue weighted by atomic mass is 9.97. The van der Waals surface area contributed by atoms with Crippen LogP contribution in [0.2, 0.25) is 0 Å². The fourth-order valence-corrected chi connectivity index (χ4v) is 3.53. The highest BCUT2D eigenvalue weighted by molar-refractivity contribution is 5.94. The maximum absolute atomic E-state index is 12.9. The molecule has 28 heavy (non-hydrogen) atoms. The van der Waals surface area contributed by atoms with Crippen LogP contribution >= 0.6 is 0 Å². The van der Waals surface area contributed by atoms with Crippen molar-refractivity contribution in [3.63, 3.8) is 0 Å². The van der Waals surface area contributed by atoms with Gasteiger partial charge in [-0.2, -0.15) is 13.2 Å². The van der Waals surface area contributed by atoms with Gasteiger partial charge in [0.1, 0.15) is 0 Å². The van der Waals surface area contributed by atoms with Gasteiger partial charge in [0, 0.05) is 24.7 Å². The van der Waals surface area contributed by atoms with Gasteiger partial charge in [0.2, 0.25) is 0 Å². The molecule has 4 nitrogen and oxygen atoms in total. The first-order chi connectivity index (χ1) is 13.4. The summed E-state index contributed by atoms with van der Waals surface area (Å²) in [5.74, 6) is -0.521. The largest absolute Gasteiger partial charge is 0.416 e. The maximum Gasteiger partial charge on any atom is 0.416 e. The van der Waals surface area contributed by atoms with Gasteiger partial charge >= 0.3 is 6.18 Å². The summed E-state index contributed by atoms with van der Waals surface area (Å²) in [7, 11) is 0. The van der Waals surface area contributed by atoms with Gasteiger partial charge in [0.25, 0.3) is 5.91 Å². The number of hydrogen-bond acceptors (Lipinski definition) is 3. The van der Waals surface area contributed by atoms with Crippen LogP contribution in [-0.4, -0.2) is 43.2 Å². The van der Waals surface area contributed by atoms with Crippen molar-refractivity contribution in [2.75, 3.05) is 26.3 Å². The molecular formula is C21H23F3N2O2. The molecule has 1 amide bonds. The Kier molecular flexibility index (Phi) is 6.36. The van der Waals surface area contributed by atoms with E-state index in [4.69, 9.17) is 4.74 Å². The molecule has 0 unspecified atom stereocenters. The average molecular weight is 392 g/mol. The Labute approximate surface area is 162 Å². The summed E-state index contributed by atoms with van der Waals surface area (Å²) < 4.78 is 44.2. The van der Waals surface area contributed by atoms with E-state index < -0.39 is 17.6 Å². The molecule has 2 aromatic carbocycles. The lowest BCUT2D eigenvalue weighted by Gasteiger charge is -2.38. The van der Waals surface area contributed by atoms with Gasteiger partial charge < -0.3 is 10.1 Å². The van der Waals surface area contributed by atoms with E-state index in [1.165, 1.54) is 12.1 Å². The van der Waals surface area contributed by atoms with E-state index in [0.717, 1.165) is 30.8 Å². The molecule has 2 atom stereocenters. The minimum absolute atomic E-state index is 0.00420. The van der Waals surface area contributed by atoms with Crippen LogP contribution in [-0.2, 0) is 10.9 Å². The molecule has 1 aliphatic heterocycles. The molecule has 0 bridgehead atoms. The third-order valence-corrected chi connectivity index (χ3v) is 4.86. The minimum atomic E-state index is -4.48. The Morgan fingerprint density at radius 1 is 1.07 bits per heavy atom. The summed E-state index contributed by atoms with van der Waals surface area (Å²) in [5, 5.41) is 2.88. The quantitative estimate of drug-likeness (QED) is 0.839. The van der Waals surface area contributed by atoms with Crippen LogP contribution in [0, 0.1) is 0 Å². The third-order valence-electron chi connectivity index (χ3n) is 4.86. The SMILES string of the molecule is C[C@@H](NC(=O)c1cccc(C(F)(F)F)c1)[C@@H](c1ccccc1)N1CCOCC1. The predicted octanol–water partition coefficient (Wildman–Crippen LogP) is 3.90. The molecule has 150 valence electrons. The Bertz CT molecular complexity index is 790. The molecule has 0 aliphatic carbocycles. The summed E-state index contributed by atoms with van der Waals surface area (Å²) in [6, 6.07) is 13.9. The Morgan fingerprint density at radius 2 is 1.75 bits per heavy atom. The van der Waals surface area contributed by atoms with E-state index in [1.807, 2.05) is 37.3 Å². The second-order valence-electron chi connectivity index (χ2n) is 6.84. The second-order valence-corrected chi connectivity index (χ2v) is 6.84. The Balaban J connectivity index is 1.79. The van der Waals surface area contributed by atoms with E-state index in [0.29, 0.717) is 13.2 Å². The lowest BCUT2D eigenvalue weighted by molar-refractivity contribution is -0.137. The van der Waals surface area contributed by atoms with Crippen LogP contribution in [0.1, 0.15) is 34.5 Å². The van der Waals surface area contributed by atoms with Crippen molar-refractivity contribution in [1.29, 1.82) is 0 Å². The first kappa shape index (κ1) is 20.4. The number of hydrogen-bond donors (Lipinski definition) is 1. The first-order valence-electron chi connectivity index (χ1n) is 9.21. The average Bonchev–Trinajstić information content (AvgIpc) is 2.69. The summed E-state index contributed by atoms with van der Waals surface area (Å²) in [4.78, 5) is 14.9. The highest BCUT2D eigenvalue weighted by Crippen LogP contribution is 2.30. The molecule has 0 radical (unpaired) electrons. The monoisotopic (exact) mass is 392 g/mol. The number of morpholine rings is 1. The number of ether oxygens (including phenoxy) is 1. The molecular weight excluding hydrogens is 369 g/mol. The van der Waals surface area contributed by atoms with Gasteiger partial charge in [0.15, 0.2) is 0 Å². The lowest BCUT2D eigenvalue weighted by Crippen LogP contribution is -2.48. The van der Waals surface area contributed by atoms with Crippen molar-refractivity contribution < 1.29 is 22.7 Å². The smallest absolute Gasteiger partial charge is 0.379 e. The number of amides is 1. The van der Waals surface area contributed by atoms with E-state index in [9.17, 15) is 18.0 Å². The van der Waals surface area contributed by atoms with Crippen molar-refractivity contribution in [2.24, 2.45) is 0 Å². The molecule has 0 saturated carbocycles. The van der Waals surface area contributed by atoms with Crippen molar-refractivity contribution in [2.45, 2.75) is 25.2 Å². The standard InChI is InChI=1S/C21H23F3N2O2/c1-15(25-20(27)17-8-5-9-18(14-17)21(22,23)24)19(16-6-3-2-4-7-16)26-10-12-28-13-11-26/h2-9,14-15,19H,10-13H2,1H3,(H,25,27)/t15-,19+/m1/s1. The molecule has 1 aliphatic rings. The first-order valence-corrected chi connectivity index (χ1v) is 9.21. The zero-order chi connectivity index (χ0) is 20.1. The third kappa shape index (κ3) is 4.91. The highest BCUT2D eigenvalue weighted by atomic mass is 19.4. The topological polar surface area (TPSA) is 41.6 Å². The molecule has 1 N–H and O–H groups in total. The molecule has 3 rings (SSSR count). The van der Waals surface area contributed by atoms with Crippen LogP contribution in [0.3, 0.4) is 0 Å². The number of carbonyl (C=O) groups excluding carboxylic acids is 1. The van der Waals surface area contributed by atoms with Crippen molar-refractivity contribution in [1.82, 2.24) is 10.2 Å². The Morgan fingerprint density at radius 3 is 2.39 bits per heavy atom. The number of rotatable bonds is 5. The van der Waals surface area contributed by atoms with Gasteiger partial charge in [-0.25, -0.2) is 0 Å². The zero-order valence-corrected chi connectivity index (χ0v) is 15.6. The summed E-state index contributed by atoms with van der Waals surface area (Å²) in [5.41, 5.74) is 0.206. The fraction of sp³-hybridized carbons (Fsp3) is 0.381. The van der Waals surface area contributed by atoms with Gasteiger partial charge in [-0.15, -0.1) is 0 Å². The van der Waals surface area contributed by atoms with Crippen LogP contribution in [0.15, 0.2) is 54.6 Å². The molecule has 0 spiro atoms. The maximum atomic E-state index is 12.9. The van der Waals surface area contributed by atoms with Crippen LogP contribution in [0.25, 0.3) is 0 Å². The molecule has 0 aromatic heterocycles. The number of nitrogens with zero attached hydrogens (tertiary/aromatic N) is 1. The van der Waals surface area contributed by atoms with E-state index >= 15 is 0 Å². The van der Waals surface area contributed by atoms with Gasteiger partial charge in [0.05, 0.1) is 24.8 Å². The predicted molar refractivity (Wildman–Crippen MR) is 99.9 cm³/mol. The minimum Gasteiger partial charge on any atom is -0.379 e. The number of nitrogens with one attached hydrogen (secondary N) is 1. The number of benzene rings is 2. The molecule has 1 heterocycles. The molecule has 2 aromatic rings. The Hall–Kier alpha value is -2.38. The van der Waals surface area contributed by atoms with E-state index in [2.05, 4.69) is 10.2 Å². The van der Waals surface area contributed by atoms with Crippen molar-refractivity contribution >= 4 is 5.91 Å². The van der Waals surface area contributed by atoms with Crippen LogP contribution < -0.4 is 5.32 Å². The van der Waals surface area contributed by atoms with E-state index in [-0.39, 0.29) is 17.6 Å². The molecule has 1 saturated heterocycles. The normalized spacial score (nSPS) is 17.7. The van der Waals surface area contributed by atoms with Crippen molar-refractivity contribution in [3.8, 4) is 0 Å². The second kappa shape index (κ2) is 8.75. The summed E-state index contributed by atoms with van der Waals surface area (Å²) >= 11 is 0. The van der Waals surface area contributed by atoms with Gasteiger partial charge in [-0.3, -0.25) is 9.69 Å². The van der Waals surface area contributed by atoms with E-state index in [1.54, 1.807) is 0 Å². The summed E-state index contributed by atoms with van der Waals surface area (Å²) in [6.07, 6.45) is -4.48. The number of alkyl halides is 3. The van der Waals surface area contributed by atoms with Gasteiger partial charge in [-0.05, 0) is 30.7 Å². The summed E-state index contributed by atoms with van der Waals surface area (Å²) in [6.45, 7) is 4.54. The van der Waals surface area contributed by atoms with Gasteiger partial charge in [-0.1, -0.05) is 36.4 Å².